The lowest BCUT2D eigenvalue weighted by atomic mass is 9.86. The summed E-state index contributed by atoms with van der Waals surface area (Å²) in [6, 6.07) is 2.96. The van der Waals surface area contributed by atoms with E-state index < -0.39 is 0 Å². The van der Waals surface area contributed by atoms with Gasteiger partial charge < -0.3 is 10.4 Å². The first-order chi connectivity index (χ1) is 9.52. The van der Waals surface area contributed by atoms with E-state index in [2.05, 4.69) is 5.32 Å². The largest absolute Gasteiger partial charge is 0.504 e. The monoisotopic (exact) mass is 313 g/mol. The second kappa shape index (κ2) is 5.45. The normalized spacial score (nSPS) is 27.8. The van der Waals surface area contributed by atoms with Crippen molar-refractivity contribution in [2.45, 2.75) is 32.1 Å². The Bertz CT molecular complexity index is 547. The van der Waals surface area contributed by atoms with Crippen LogP contribution in [0.1, 0.15) is 32.1 Å². The van der Waals surface area contributed by atoms with E-state index in [1.165, 1.54) is 37.8 Å². The van der Waals surface area contributed by atoms with E-state index in [0.717, 1.165) is 5.92 Å². The number of halogens is 2. The number of hydrogen-bond donors (Lipinski definition) is 2. The lowest BCUT2D eigenvalue weighted by Crippen LogP contribution is -2.20. The minimum absolute atomic E-state index is 0.0730. The van der Waals surface area contributed by atoms with E-state index in [-0.39, 0.29) is 22.4 Å². The lowest BCUT2D eigenvalue weighted by molar-refractivity contribution is -0.117. The third-order valence-electron chi connectivity index (χ3n) is 4.63. The summed E-state index contributed by atoms with van der Waals surface area (Å²) in [5.74, 6) is 1.83. The Labute approximate surface area is 128 Å². The Kier molecular flexibility index (Phi) is 3.83. The summed E-state index contributed by atoms with van der Waals surface area (Å²) < 4.78 is 0. The number of carbonyl (C=O) groups is 1. The molecular weight excluding hydrogens is 297 g/mol. The zero-order valence-electron chi connectivity index (χ0n) is 11.0. The molecule has 0 saturated heterocycles. The molecular formula is C15H17Cl2NO2. The molecule has 0 aliphatic heterocycles. The average molecular weight is 314 g/mol. The van der Waals surface area contributed by atoms with Crippen molar-refractivity contribution in [3.8, 4) is 5.75 Å². The summed E-state index contributed by atoms with van der Waals surface area (Å²) in [5.41, 5.74) is 0.288. The van der Waals surface area contributed by atoms with E-state index in [4.69, 9.17) is 23.2 Å². The molecule has 1 amide bonds. The molecule has 2 bridgehead atoms. The summed E-state index contributed by atoms with van der Waals surface area (Å²) in [5, 5.41) is 13.1. The van der Waals surface area contributed by atoms with Crippen molar-refractivity contribution in [2.75, 3.05) is 5.32 Å². The predicted molar refractivity (Wildman–Crippen MR) is 80.3 cm³/mol. The van der Waals surface area contributed by atoms with Gasteiger partial charge in [-0.15, -0.1) is 0 Å². The van der Waals surface area contributed by atoms with Crippen LogP contribution in [-0.2, 0) is 4.79 Å². The van der Waals surface area contributed by atoms with Gasteiger partial charge in [0.1, 0.15) is 0 Å². The summed E-state index contributed by atoms with van der Waals surface area (Å²) >= 11 is 11.7. The number of amides is 1. The average Bonchev–Trinajstić information content (AvgIpc) is 2.97. The maximum Gasteiger partial charge on any atom is 0.224 e. The zero-order valence-corrected chi connectivity index (χ0v) is 12.5. The first kappa shape index (κ1) is 14.0. The molecule has 3 nitrogen and oxygen atoms in total. The number of rotatable bonds is 3. The Morgan fingerprint density at radius 1 is 1.30 bits per heavy atom. The van der Waals surface area contributed by atoms with Gasteiger partial charge >= 0.3 is 0 Å². The predicted octanol–water partition coefficient (Wildman–Crippen LogP) is 4.46. The first-order valence-electron chi connectivity index (χ1n) is 7.01. The quantitative estimate of drug-likeness (QED) is 0.809. The molecule has 2 fully saturated rings. The number of carbonyl (C=O) groups excluding carboxylic acids is 1. The van der Waals surface area contributed by atoms with E-state index in [9.17, 15) is 9.90 Å². The van der Waals surface area contributed by atoms with Gasteiger partial charge in [-0.1, -0.05) is 29.6 Å². The maximum absolute atomic E-state index is 12.1. The van der Waals surface area contributed by atoms with Crippen molar-refractivity contribution < 1.29 is 9.90 Å². The van der Waals surface area contributed by atoms with Crippen molar-refractivity contribution in [3.63, 3.8) is 0 Å². The minimum Gasteiger partial charge on any atom is -0.504 e. The summed E-state index contributed by atoms with van der Waals surface area (Å²) in [4.78, 5) is 12.1. The van der Waals surface area contributed by atoms with Crippen LogP contribution in [0.4, 0.5) is 5.69 Å². The molecule has 0 spiro atoms. The molecule has 3 rings (SSSR count). The van der Waals surface area contributed by atoms with Gasteiger partial charge in [-0.2, -0.15) is 0 Å². The highest BCUT2D eigenvalue weighted by Gasteiger charge is 2.40. The van der Waals surface area contributed by atoms with E-state index in [1.54, 1.807) is 0 Å². The number of anilines is 1. The number of fused-ring (bicyclic) bond motifs is 2. The third kappa shape index (κ3) is 2.75. The molecule has 5 heteroatoms. The van der Waals surface area contributed by atoms with Crippen LogP contribution in [-0.4, -0.2) is 11.0 Å². The van der Waals surface area contributed by atoms with Crippen molar-refractivity contribution in [1.82, 2.24) is 0 Å². The number of aromatic hydroxyl groups is 1. The summed E-state index contributed by atoms with van der Waals surface area (Å²) in [6.07, 6.45) is 5.56. The van der Waals surface area contributed by atoms with Crippen LogP contribution in [0.5, 0.6) is 5.75 Å². The Morgan fingerprint density at radius 3 is 2.75 bits per heavy atom. The summed E-state index contributed by atoms with van der Waals surface area (Å²) in [7, 11) is 0. The van der Waals surface area contributed by atoms with Crippen molar-refractivity contribution in [2.24, 2.45) is 17.8 Å². The zero-order chi connectivity index (χ0) is 14.3. The highest BCUT2D eigenvalue weighted by atomic mass is 35.5. The van der Waals surface area contributed by atoms with E-state index >= 15 is 0 Å². The Morgan fingerprint density at radius 2 is 2.10 bits per heavy atom. The number of phenols is 1. The fourth-order valence-electron chi connectivity index (χ4n) is 3.73. The number of benzene rings is 1. The van der Waals surface area contributed by atoms with Crippen LogP contribution in [0.3, 0.4) is 0 Å². The standard InChI is InChI=1S/C15H17Cl2NO2/c16-11-6-12(17)15(20)13(7-11)18-14(19)5-10-4-8-1-2-9(10)3-8/h6-10,20H,1-5H2,(H,18,19). The maximum atomic E-state index is 12.1. The summed E-state index contributed by atoms with van der Waals surface area (Å²) in [6.45, 7) is 0. The van der Waals surface area contributed by atoms with Gasteiger partial charge in [0, 0.05) is 11.4 Å². The van der Waals surface area contributed by atoms with Crippen LogP contribution in [0, 0.1) is 17.8 Å². The molecule has 108 valence electrons. The Hall–Kier alpha value is -0.930. The first-order valence-corrected chi connectivity index (χ1v) is 7.76. The van der Waals surface area contributed by atoms with Gasteiger partial charge in [0.15, 0.2) is 5.75 Å². The van der Waals surface area contributed by atoms with Gasteiger partial charge in [-0.3, -0.25) is 4.79 Å². The molecule has 0 radical (unpaired) electrons. The molecule has 1 aromatic carbocycles. The molecule has 3 unspecified atom stereocenters. The van der Waals surface area contributed by atoms with Gasteiger partial charge in [0.2, 0.25) is 5.91 Å². The molecule has 3 atom stereocenters. The second-order valence-electron chi connectivity index (χ2n) is 5.97. The lowest BCUT2D eigenvalue weighted by Gasteiger charge is -2.21. The fraction of sp³-hybridized carbons (Fsp3) is 0.533. The van der Waals surface area contributed by atoms with Gasteiger partial charge in [-0.05, 0) is 49.1 Å². The van der Waals surface area contributed by atoms with Crippen LogP contribution in [0.25, 0.3) is 0 Å². The van der Waals surface area contributed by atoms with Gasteiger partial charge in [-0.25, -0.2) is 0 Å². The van der Waals surface area contributed by atoms with Gasteiger partial charge in [0.25, 0.3) is 0 Å². The van der Waals surface area contributed by atoms with Crippen molar-refractivity contribution >= 4 is 34.8 Å². The molecule has 0 aromatic heterocycles. The smallest absolute Gasteiger partial charge is 0.224 e. The van der Waals surface area contributed by atoms with Crippen LogP contribution >= 0.6 is 23.2 Å². The molecule has 2 N–H and O–H groups in total. The highest BCUT2D eigenvalue weighted by molar-refractivity contribution is 6.36. The van der Waals surface area contributed by atoms with Crippen molar-refractivity contribution in [1.29, 1.82) is 0 Å². The molecule has 20 heavy (non-hydrogen) atoms. The number of nitrogens with one attached hydrogen (secondary N) is 1. The van der Waals surface area contributed by atoms with Gasteiger partial charge in [0.05, 0.1) is 10.7 Å². The molecule has 2 aliphatic rings. The van der Waals surface area contributed by atoms with Crippen LogP contribution in [0.2, 0.25) is 10.0 Å². The fourth-order valence-corrected chi connectivity index (χ4v) is 4.22. The van der Waals surface area contributed by atoms with Crippen molar-refractivity contribution in [3.05, 3.63) is 22.2 Å². The number of hydrogen-bond acceptors (Lipinski definition) is 2. The second-order valence-corrected chi connectivity index (χ2v) is 6.81. The Balaban J connectivity index is 1.64. The van der Waals surface area contributed by atoms with E-state index in [1.807, 2.05) is 0 Å². The third-order valence-corrected chi connectivity index (χ3v) is 5.14. The molecule has 1 aromatic rings. The number of phenolic OH excluding ortho intramolecular Hbond substituents is 1. The van der Waals surface area contributed by atoms with E-state index in [0.29, 0.717) is 23.3 Å². The molecule has 0 heterocycles. The SMILES string of the molecule is O=C(CC1CC2CCC1C2)Nc1cc(Cl)cc(Cl)c1O. The van der Waals surface area contributed by atoms with Crippen LogP contribution in [0.15, 0.2) is 12.1 Å². The molecule has 2 aliphatic carbocycles. The minimum atomic E-state index is -0.127. The topological polar surface area (TPSA) is 49.3 Å². The highest BCUT2D eigenvalue weighted by Crippen LogP contribution is 2.49. The van der Waals surface area contributed by atoms with Crippen LogP contribution < -0.4 is 5.32 Å². The molecule has 2 saturated carbocycles.